The number of anilines is 1. The van der Waals surface area contributed by atoms with E-state index < -0.39 is 0 Å². The Balaban J connectivity index is 2.21. The zero-order valence-corrected chi connectivity index (χ0v) is 10.7. The summed E-state index contributed by atoms with van der Waals surface area (Å²) in [5.41, 5.74) is 1.90. The third kappa shape index (κ3) is 2.61. The maximum atomic E-state index is 10.8. The Morgan fingerprint density at radius 3 is 2.78 bits per heavy atom. The number of hydrogen-bond acceptors (Lipinski definition) is 4. The van der Waals surface area contributed by atoms with Crippen molar-refractivity contribution in [2.45, 2.75) is 26.4 Å². The molecule has 1 aromatic rings. The fourth-order valence-electron chi connectivity index (χ4n) is 2.45. The second-order valence-corrected chi connectivity index (χ2v) is 5.02. The predicted molar refractivity (Wildman–Crippen MR) is 69.8 cm³/mol. The van der Waals surface area contributed by atoms with Crippen molar-refractivity contribution in [3.8, 4) is 0 Å². The van der Waals surface area contributed by atoms with Crippen LogP contribution in [0.5, 0.6) is 0 Å². The number of aliphatic hydroxyl groups excluding tert-OH is 1. The van der Waals surface area contributed by atoms with Gasteiger partial charge in [0.05, 0.1) is 11.0 Å². The maximum Gasteiger partial charge on any atom is 0.271 e. The van der Waals surface area contributed by atoms with Crippen LogP contribution in [0.2, 0.25) is 0 Å². The molecular formula is C13H18N2O3. The first kappa shape index (κ1) is 12.8. The number of nitro groups is 1. The normalized spacial score (nSPS) is 21.1. The lowest BCUT2D eigenvalue weighted by Gasteiger charge is -2.20. The highest BCUT2D eigenvalue weighted by Crippen LogP contribution is 2.29. The van der Waals surface area contributed by atoms with E-state index in [1.165, 1.54) is 0 Å². The molecule has 0 spiro atoms. The summed E-state index contributed by atoms with van der Waals surface area (Å²) in [4.78, 5) is 12.6. The van der Waals surface area contributed by atoms with Gasteiger partial charge in [0, 0.05) is 36.8 Å². The van der Waals surface area contributed by atoms with Gasteiger partial charge in [-0.2, -0.15) is 0 Å². The number of non-ortho nitro benzene ring substituents is 1. The molecule has 1 heterocycles. The molecule has 2 unspecified atom stereocenters. The van der Waals surface area contributed by atoms with Crippen molar-refractivity contribution >= 4 is 11.4 Å². The number of nitrogens with zero attached hydrogens (tertiary/aromatic N) is 2. The third-order valence-electron chi connectivity index (χ3n) is 3.53. The highest BCUT2D eigenvalue weighted by atomic mass is 16.6. The van der Waals surface area contributed by atoms with Crippen LogP contribution in [0, 0.1) is 23.0 Å². The second kappa shape index (κ2) is 4.94. The SMILES string of the molecule is Cc1cc(N2CCC(C(C)O)C2)cc([N+](=O)[O-])c1. The quantitative estimate of drug-likeness (QED) is 0.659. The first-order valence-corrected chi connectivity index (χ1v) is 6.16. The van der Waals surface area contributed by atoms with Crippen molar-refractivity contribution in [3.05, 3.63) is 33.9 Å². The maximum absolute atomic E-state index is 10.8. The summed E-state index contributed by atoms with van der Waals surface area (Å²) in [6, 6.07) is 5.14. The molecule has 1 N–H and O–H groups in total. The summed E-state index contributed by atoms with van der Waals surface area (Å²) in [7, 11) is 0. The summed E-state index contributed by atoms with van der Waals surface area (Å²) in [5.74, 6) is 0.254. The molecule has 0 radical (unpaired) electrons. The van der Waals surface area contributed by atoms with Crippen molar-refractivity contribution in [1.29, 1.82) is 0 Å². The van der Waals surface area contributed by atoms with Crippen LogP contribution in [-0.2, 0) is 0 Å². The molecule has 0 saturated carbocycles. The molecule has 0 bridgehead atoms. The monoisotopic (exact) mass is 250 g/mol. The van der Waals surface area contributed by atoms with Crippen LogP contribution in [0.25, 0.3) is 0 Å². The predicted octanol–water partition coefficient (Wildman–Crippen LogP) is 2.11. The number of aryl methyl sites for hydroxylation is 1. The zero-order chi connectivity index (χ0) is 13.3. The summed E-state index contributed by atoms with van der Waals surface area (Å²) >= 11 is 0. The average Bonchev–Trinajstić information content (AvgIpc) is 2.77. The number of rotatable bonds is 3. The van der Waals surface area contributed by atoms with Crippen LogP contribution < -0.4 is 4.90 Å². The van der Waals surface area contributed by atoms with Gasteiger partial charge in [0.25, 0.3) is 5.69 Å². The average molecular weight is 250 g/mol. The van der Waals surface area contributed by atoms with Gasteiger partial charge in [-0.15, -0.1) is 0 Å². The van der Waals surface area contributed by atoms with Gasteiger partial charge in [0.2, 0.25) is 0 Å². The Labute approximate surface area is 106 Å². The molecule has 1 aliphatic heterocycles. The molecule has 1 aromatic carbocycles. The Bertz CT molecular complexity index is 460. The lowest BCUT2D eigenvalue weighted by molar-refractivity contribution is -0.384. The minimum absolute atomic E-state index is 0.130. The molecule has 0 aromatic heterocycles. The molecule has 0 aliphatic carbocycles. The second-order valence-electron chi connectivity index (χ2n) is 5.02. The van der Waals surface area contributed by atoms with Crippen LogP contribution in [0.1, 0.15) is 18.9 Å². The largest absolute Gasteiger partial charge is 0.393 e. The third-order valence-corrected chi connectivity index (χ3v) is 3.53. The lowest BCUT2D eigenvalue weighted by atomic mass is 10.0. The fraction of sp³-hybridized carbons (Fsp3) is 0.538. The number of hydrogen-bond donors (Lipinski definition) is 1. The molecule has 5 nitrogen and oxygen atoms in total. The molecule has 1 saturated heterocycles. The van der Waals surface area contributed by atoms with Crippen LogP contribution in [0.3, 0.4) is 0 Å². The van der Waals surface area contributed by atoms with E-state index in [-0.39, 0.29) is 22.6 Å². The molecule has 2 atom stereocenters. The summed E-state index contributed by atoms with van der Waals surface area (Å²) in [6.45, 7) is 5.26. The highest BCUT2D eigenvalue weighted by molar-refractivity contribution is 5.56. The Morgan fingerprint density at radius 1 is 1.50 bits per heavy atom. The molecule has 2 rings (SSSR count). The zero-order valence-electron chi connectivity index (χ0n) is 10.7. The fourth-order valence-corrected chi connectivity index (χ4v) is 2.45. The first-order valence-electron chi connectivity index (χ1n) is 6.16. The van der Waals surface area contributed by atoms with Gasteiger partial charge in [0.1, 0.15) is 0 Å². The van der Waals surface area contributed by atoms with E-state index in [1.54, 1.807) is 19.1 Å². The van der Waals surface area contributed by atoms with E-state index in [9.17, 15) is 15.2 Å². The van der Waals surface area contributed by atoms with E-state index >= 15 is 0 Å². The Kier molecular flexibility index (Phi) is 3.52. The number of aliphatic hydroxyl groups is 1. The molecule has 98 valence electrons. The van der Waals surface area contributed by atoms with Crippen molar-refractivity contribution in [3.63, 3.8) is 0 Å². The van der Waals surface area contributed by atoms with Gasteiger partial charge in [-0.25, -0.2) is 0 Å². The summed E-state index contributed by atoms with van der Waals surface area (Å²) < 4.78 is 0. The molecular weight excluding hydrogens is 232 g/mol. The van der Waals surface area contributed by atoms with Crippen molar-refractivity contribution in [2.75, 3.05) is 18.0 Å². The summed E-state index contributed by atoms with van der Waals surface area (Å²) in [5, 5.41) is 20.4. The van der Waals surface area contributed by atoms with Crippen LogP contribution in [0.4, 0.5) is 11.4 Å². The minimum atomic E-state index is -0.362. The lowest BCUT2D eigenvalue weighted by Crippen LogP contribution is -2.23. The van der Waals surface area contributed by atoms with E-state index in [0.717, 1.165) is 30.8 Å². The standard InChI is InChI=1S/C13H18N2O3/c1-9-5-12(7-13(6-9)15(17)18)14-4-3-11(8-14)10(2)16/h5-7,10-11,16H,3-4,8H2,1-2H3. The van der Waals surface area contributed by atoms with E-state index in [2.05, 4.69) is 4.90 Å². The van der Waals surface area contributed by atoms with Crippen LogP contribution in [0.15, 0.2) is 18.2 Å². The van der Waals surface area contributed by atoms with Gasteiger partial charge >= 0.3 is 0 Å². The number of benzene rings is 1. The molecule has 5 heteroatoms. The minimum Gasteiger partial charge on any atom is -0.393 e. The first-order chi connectivity index (χ1) is 8.47. The van der Waals surface area contributed by atoms with Gasteiger partial charge in [0.15, 0.2) is 0 Å². The smallest absolute Gasteiger partial charge is 0.271 e. The van der Waals surface area contributed by atoms with Crippen molar-refractivity contribution in [2.24, 2.45) is 5.92 Å². The topological polar surface area (TPSA) is 66.6 Å². The Hall–Kier alpha value is -1.62. The van der Waals surface area contributed by atoms with Crippen molar-refractivity contribution < 1.29 is 10.0 Å². The molecule has 1 fully saturated rings. The summed E-state index contributed by atoms with van der Waals surface area (Å²) in [6.07, 6.45) is 0.606. The van der Waals surface area contributed by atoms with E-state index in [0.29, 0.717) is 0 Å². The van der Waals surface area contributed by atoms with E-state index in [1.807, 2.05) is 13.0 Å². The molecule has 1 aliphatic rings. The van der Waals surface area contributed by atoms with E-state index in [4.69, 9.17) is 0 Å². The van der Waals surface area contributed by atoms with Crippen LogP contribution in [-0.4, -0.2) is 29.2 Å². The highest BCUT2D eigenvalue weighted by Gasteiger charge is 2.26. The van der Waals surface area contributed by atoms with Crippen molar-refractivity contribution in [1.82, 2.24) is 0 Å². The molecule has 18 heavy (non-hydrogen) atoms. The van der Waals surface area contributed by atoms with Gasteiger partial charge in [-0.3, -0.25) is 10.1 Å². The number of nitro benzene ring substituents is 1. The van der Waals surface area contributed by atoms with Gasteiger partial charge in [-0.1, -0.05) is 0 Å². The van der Waals surface area contributed by atoms with Crippen LogP contribution >= 0.6 is 0 Å². The molecule has 0 amide bonds. The Morgan fingerprint density at radius 2 is 2.22 bits per heavy atom. The van der Waals surface area contributed by atoms with Gasteiger partial charge < -0.3 is 10.0 Å². The van der Waals surface area contributed by atoms with Gasteiger partial charge in [-0.05, 0) is 31.9 Å².